The van der Waals surface area contributed by atoms with Crippen LogP contribution < -0.4 is 4.74 Å². The van der Waals surface area contributed by atoms with Crippen molar-refractivity contribution in [3.05, 3.63) is 29.8 Å². The molecule has 1 aromatic carbocycles. The standard InChI is InChI=1S/C16H19F3N2O4/c1-11(13-2-4-14(5-3-13)25-16(17,18)19)20-24-10-12-6-8-21(9-7-12)15(22)23/h2-5,12H,6-10H2,1H3,(H,22,23). The molecule has 1 heterocycles. The summed E-state index contributed by atoms with van der Waals surface area (Å²) in [7, 11) is 0. The molecule has 1 aliphatic rings. The highest BCUT2D eigenvalue weighted by atomic mass is 19.4. The zero-order chi connectivity index (χ0) is 18.4. The molecule has 1 aromatic rings. The Balaban J connectivity index is 1.80. The largest absolute Gasteiger partial charge is 0.573 e. The molecule has 1 saturated heterocycles. The molecule has 0 radical (unpaired) electrons. The van der Waals surface area contributed by atoms with Crippen LogP contribution in [0.4, 0.5) is 18.0 Å². The van der Waals surface area contributed by atoms with Gasteiger partial charge < -0.3 is 19.6 Å². The summed E-state index contributed by atoms with van der Waals surface area (Å²) in [6.45, 7) is 3.02. The molecule has 1 N–H and O–H groups in total. The van der Waals surface area contributed by atoms with Gasteiger partial charge in [0, 0.05) is 13.1 Å². The number of nitrogens with zero attached hydrogens (tertiary/aromatic N) is 2. The molecule has 0 saturated carbocycles. The Hall–Kier alpha value is -2.45. The predicted molar refractivity (Wildman–Crippen MR) is 83.6 cm³/mol. The van der Waals surface area contributed by atoms with E-state index in [4.69, 9.17) is 9.94 Å². The van der Waals surface area contributed by atoms with Crippen LogP contribution in [0.15, 0.2) is 29.4 Å². The third-order valence-corrected chi connectivity index (χ3v) is 3.90. The highest BCUT2D eigenvalue weighted by Gasteiger charge is 2.31. The van der Waals surface area contributed by atoms with Gasteiger partial charge in [0.05, 0.1) is 5.71 Å². The van der Waals surface area contributed by atoms with Crippen molar-refractivity contribution in [3.8, 4) is 5.75 Å². The summed E-state index contributed by atoms with van der Waals surface area (Å²) < 4.78 is 40.1. The molecule has 0 atom stereocenters. The zero-order valence-electron chi connectivity index (χ0n) is 13.6. The lowest BCUT2D eigenvalue weighted by molar-refractivity contribution is -0.274. The van der Waals surface area contributed by atoms with Gasteiger partial charge in [0.25, 0.3) is 0 Å². The van der Waals surface area contributed by atoms with Crippen molar-refractivity contribution in [2.24, 2.45) is 11.1 Å². The molecule has 0 bridgehead atoms. The summed E-state index contributed by atoms with van der Waals surface area (Å²) in [5.74, 6) is -0.0649. The third-order valence-electron chi connectivity index (χ3n) is 3.90. The molecular weight excluding hydrogens is 341 g/mol. The fourth-order valence-electron chi connectivity index (χ4n) is 2.48. The van der Waals surface area contributed by atoms with E-state index in [-0.39, 0.29) is 11.7 Å². The Labute approximate surface area is 142 Å². The van der Waals surface area contributed by atoms with Crippen LogP contribution in [-0.4, -0.2) is 47.9 Å². The van der Waals surface area contributed by atoms with Gasteiger partial charge in [0.2, 0.25) is 0 Å². The highest BCUT2D eigenvalue weighted by molar-refractivity contribution is 5.98. The summed E-state index contributed by atoms with van der Waals surface area (Å²) in [4.78, 5) is 17.5. The van der Waals surface area contributed by atoms with E-state index >= 15 is 0 Å². The number of ether oxygens (including phenoxy) is 1. The van der Waals surface area contributed by atoms with E-state index in [9.17, 15) is 18.0 Å². The van der Waals surface area contributed by atoms with Gasteiger partial charge in [-0.05, 0) is 55.5 Å². The van der Waals surface area contributed by atoms with E-state index in [1.807, 2.05) is 0 Å². The lowest BCUT2D eigenvalue weighted by atomic mass is 9.98. The second kappa shape index (κ2) is 8.09. The monoisotopic (exact) mass is 360 g/mol. The first-order valence-electron chi connectivity index (χ1n) is 7.75. The molecule has 1 aliphatic heterocycles. The molecule has 9 heteroatoms. The van der Waals surface area contributed by atoms with Crippen molar-refractivity contribution >= 4 is 11.8 Å². The van der Waals surface area contributed by atoms with Crippen LogP contribution in [0.2, 0.25) is 0 Å². The average Bonchev–Trinajstić information content (AvgIpc) is 2.54. The number of hydrogen-bond acceptors (Lipinski definition) is 4. The SMILES string of the molecule is CC(=NOCC1CCN(C(=O)O)CC1)c1ccc(OC(F)(F)F)cc1. The van der Waals surface area contributed by atoms with E-state index in [1.165, 1.54) is 29.2 Å². The van der Waals surface area contributed by atoms with Gasteiger partial charge in [0.15, 0.2) is 0 Å². The summed E-state index contributed by atoms with van der Waals surface area (Å²) in [5, 5.41) is 12.9. The van der Waals surface area contributed by atoms with Gasteiger partial charge in [-0.15, -0.1) is 13.2 Å². The molecule has 138 valence electrons. The van der Waals surface area contributed by atoms with Crippen LogP contribution in [0, 0.1) is 5.92 Å². The number of oxime groups is 1. The van der Waals surface area contributed by atoms with Crippen LogP contribution in [0.5, 0.6) is 5.75 Å². The van der Waals surface area contributed by atoms with Gasteiger partial charge in [-0.1, -0.05) is 5.16 Å². The minimum atomic E-state index is -4.72. The first-order chi connectivity index (χ1) is 11.7. The third kappa shape index (κ3) is 6.17. The van der Waals surface area contributed by atoms with E-state index in [0.717, 1.165) is 0 Å². The second-order valence-electron chi connectivity index (χ2n) is 5.76. The maximum atomic E-state index is 12.1. The molecule has 0 spiro atoms. The second-order valence-corrected chi connectivity index (χ2v) is 5.76. The van der Waals surface area contributed by atoms with Crippen molar-refractivity contribution in [2.45, 2.75) is 26.1 Å². The Morgan fingerprint density at radius 2 is 1.88 bits per heavy atom. The number of rotatable bonds is 5. The zero-order valence-corrected chi connectivity index (χ0v) is 13.6. The summed E-state index contributed by atoms with van der Waals surface area (Å²) >= 11 is 0. The summed E-state index contributed by atoms with van der Waals surface area (Å²) in [6.07, 6.45) is -4.20. The fraction of sp³-hybridized carbons (Fsp3) is 0.500. The number of alkyl halides is 3. The number of likely N-dealkylation sites (tertiary alicyclic amines) is 1. The number of halogens is 3. The summed E-state index contributed by atoms with van der Waals surface area (Å²) in [5.41, 5.74) is 1.15. The van der Waals surface area contributed by atoms with Crippen molar-refractivity contribution in [2.75, 3.05) is 19.7 Å². The van der Waals surface area contributed by atoms with Crippen molar-refractivity contribution in [3.63, 3.8) is 0 Å². The van der Waals surface area contributed by atoms with Gasteiger partial charge in [0.1, 0.15) is 12.4 Å². The number of carbonyl (C=O) groups is 1. The minimum Gasteiger partial charge on any atom is -0.465 e. The van der Waals surface area contributed by atoms with E-state index < -0.39 is 12.5 Å². The molecule has 0 aliphatic carbocycles. The van der Waals surface area contributed by atoms with Gasteiger partial charge >= 0.3 is 12.5 Å². The molecule has 0 unspecified atom stereocenters. The van der Waals surface area contributed by atoms with Gasteiger partial charge in [-0.2, -0.15) is 0 Å². The Morgan fingerprint density at radius 1 is 1.28 bits per heavy atom. The first kappa shape index (κ1) is 18.9. The van der Waals surface area contributed by atoms with Crippen molar-refractivity contribution in [1.29, 1.82) is 0 Å². The van der Waals surface area contributed by atoms with Gasteiger partial charge in [-0.25, -0.2) is 4.79 Å². The maximum Gasteiger partial charge on any atom is 0.573 e. The molecule has 6 nitrogen and oxygen atoms in total. The predicted octanol–water partition coefficient (Wildman–Crippen LogP) is 3.72. The normalized spacial score (nSPS) is 16.6. The van der Waals surface area contributed by atoms with Gasteiger partial charge in [-0.3, -0.25) is 0 Å². The topological polar surface area (TPSA) is 71.4 Å². The first-order valence-corrected chi connectivity index (χ1v) is 7.75. The summed E-state index contributed by atoms with van der Waals surface area (Å²) in [6, 6.07) is 5.36. The lowest BCUT2D eigenvalue weighted by Crippen LogP contribution is -2.38. The Morgan fingerprint density at radius 3 is 2.40 bits per heavy atom. The highest BCUT2D eigenvalue weighted by Crippen LogP contribution is 2.23. The van der Waals surface area contributed by atoms with E-state index in [1.54, 1.807) is 6.92 Å². The van der Waals surface area contributed by atoms with Crippen LogP contribution in [0.25, 0.3) is 0 Å². The van der Waals surface area contributed by atoms with Crippen LogP contribution in [-0.2, 0) is 4.84 Å². The molecule has 25 heavy (non-hydrogen) atoms. The number of amides is 1. The number of benzene rings is 1. The van der Waals surface area contributed by atoms with Crippen LogP contribution >= 0.6 is 0 Å². The van der Waals surface area contributed by atoms with Crippen LogP contribution in [0.3, 0.4) is 0 Å². The van der Waals surface area contributed by atoms with Crippen molar-refractivity contribution < 1.29 is 32.6 Å². The van der Waals surface area contributed by atoms with E-state index in [0.29, 0.717) is 43.8 Å². The number of piperidine rings is 1. The van der Waals surface area contributed by atoms with Crippen molar-refractivity contribution in [1.82, 2.24) is 4.90 Å². The quantitative estimate of drug-likeness (QED) is 0.642. The molecule has 1 amide bonds. The lowest BCUT2D eigenvalue weighted by Gasteiger charge is -2.29. The molecule has 0 aromatic heterocycles. The smallest absolute Gasteiger partial charge is 0.465 e. The minimum absolute atomic E-state index is 0.231. The van der Waals surface area contributed by atoms with Crippen LogP contribution in [0.1, 0.15) is 25.3 Å². The molecule has 2 rings (SSSR count). The van der Waals surface area contributed by atoms with E-state index in [2.05, 4.69) is 9.89 Å². The molecular formula is C16H19F3N2O4. The molecule has 1 fully saturated rings. The number of carboxylic acid groups (broad SMARTS) is 1. The average molecular weight is 360 g/mol. The fourth-order valence-corrected chi connectivity index (χ4v) is 2.48. The Kier molecular flexibility index (Phi) is 6.11. The Bertz CT molecular complexity index is 609. The number of hydrogen-bond donors (Lipinski definition) is 1. The maximum absolute atomic E-state index is 12.1.